The number of fused-ring (bicyclic) bond motifs is 1. The van der Waals surface area contributed by atoms with E-state index >= 15 is 0 Å². The molecule has 1 aromatic heterocycles. The van der Waals surface area contributed by atoms with Crippen molar-refractivity contribution in [1.29, 1.82) is 0 Å². The van der Waals surface area contributed by atoms with Crippen LogP contribution >= 0.6 is 0 Å². The Kier molecular flexibility index (Phi) is 6.83. The quantitative estimate of drug-likeness (QED) is 0.340. The van der Waals surface area contributed by atoms with Crippen LogP contribution in [-0.2, 0) is 15.9 Å². The van der Waals surface area contributed by atoms with Crippen molar-refractivity contribution in [2.45, 2.75) is 32.8 Å². The van der Waals surface area contributed by atoms with Gasteiger partial charge in [-0.3, -0.25) is 0 Å². The van der Waals surface area contributed by atoms with Crippen molar-refractivity contribution >= 4 is 17.1 Å². The van der Waals surface area contributed by atoms with Gasteiger partial charge in [-0.05, 0) is 51.4 Å². The summed E-state index contributed by atoms with van der Waals surface area (Å²) in [6.07, 6.45) is 9.10. The van der Waals surface area contributed by atoms with E-state index in [4.69, 9.17) is 9.47 Å². The van der Waals surface area contributed by atoms with Crippen LogP contribution in [0, 0.1) is 0 Å². The molecule has 0 aliphatic carbocycles. The maximum atomic E-state index is 11.3. The number of carbonyl (C=O) groups is 1. The third-order valence-electron chi connectivity index (χ3n) is 3.39. The number of rotatable bonds is 7. The molecule has 2 aromatic rings. The average Bonchev–Trinajstić information content (AvgIpc) is 2.95. The van der Waals surface area contributed by atoms with Gasteiger partial charge in [0.2, 0.25) is 0 Å². The molecule has 0 saturated heterocycles. The van der Waals surface area contributed by atoms with E-state index in [0.717, 1.165) is 19.5 Å². The molecule has 2 rings (SSSR count). The van der Waals surface area contributed by atoms with Gasteiger partial charge in [-0.2, -0.15) is 0 Å². The van der Waals surface area contributed by atoms with Crippen LogP contribution in [-0.4, -0.2) is 29.8 Å². The Morgan fingerprint density at radius 2 is 2.04 bits per heavy atom. The number of aromatic nitrogens is 1. The van der Waals surface area contributed by atoms with E-state index < -0.39 is 11.8 Å². The molecule has 0 radical (unpaired) electrons. The lowest BCUT2D eigenvalue weighted by Crippen LogP contribution is -2.23. The van der Waals surface area contributed by atoms with Crippen LogP contribution in [0.2, 0.25) is 0 Å². The first-order chi connectivity index (χ1) is 12.0. The highest BCUT2D eigenvalue weighted by Crippen LogP contribution is 2.17. The summed E-state index contributed by atoms with van der Waals surface area (Å²) in [5.41, 5.74) is 1.94. The summed E-state index contributed by atoms with van der Waals surface area (Å²) in [7, 11) is 0. The first kappa shape index (κ1) is 18.8. The first-order valence-corrected chi connectivity index (χ1v) is 8.43. The normalized spacial score (nSPS) is 12.3. The van der Waals surface area contributed by atoms with Gasteiger partial charge in [0.25, 0.3) is 0 Å². The molecule has 0 spiro atoms. The number of carbonyl (C=O) groups excluding carboxylic acids is 1. The second kappa shape index (κ2) is 9.08. The van der Waals surface area contributed by atoms with Crippen molar-refractivity contribution in [1.82, 2.24) is 10.3 Å². The van der Waals surface area contributed by atoms with Gasteiger partial charge in [0.05, 0.1) is 6.26 Å². The number of aromatic amines is 1. The summed E-state index contributed by atoms with van der Waals surface area (Å²) >= 11 is 0. The Hall–Kier alpha value is -2.53. The van der Waals surface area contributed by atoms with Crippen molar-refractivity contribution in [2.75, 3.05) is 13.1 Å². The minimum atomic E-state index is -0.700. The summed E-state index contributed by atoms with van der Waals surface area (Å²) in [6, 6.07) is 8.31. The van der Waals surface area contributed by atoms with Gasteiger partial charge in [-0.15, -0.1) is 0 Å². The summed E-state index contributed by atoms with van der Waals surface area (Å²) in [5, 5.41) is 4.63. The molecule has 25 heavy (non-hydrogen) atoms. The number of benzene rings is 1. The molecule has 0 aliphatic heterocycles. The molecule has 0 saturated carbocycles. The van der Waals surface area contributed by atoms with Crippen molar-refractivity contribution < 1.29 is 14.3 Å². The van der Waals surface area contributed by atoms with Crippen molar-refractivity contribution in [2.24, 2.45) is 0 Å². The number of ether oxygens (including phenoxy) is 2. The molecule has 0 atom stereocenters. The molecule has 0 aliphatic rings. The van der Waals surface area contributed by atoms with Crippen molar-refractivity contribution in [3.63, 3.8) is 0 Å². The number of nitrogens with one attached hydrogen (secondary N) is 2. The second-order valence-corrected chi connectivity index (χ2v) is 6.65. The van der Waals surface area contributed by atoms with Crippen LogP contribution in [0.5, 0.6) is 0 Å². The summed E-state index contributed by atoms with van der Waals surface area (Å²) < 4.78 is 9.83. The van der Waals surface area contributed by atoms with E-state index in [-0.39, 0.29) is 0 Å². The van der Waals surface area contributed by atoms with E-state index in [1.165, 1.54) is 22.7 Å². The Morgan fingerprint density at radius 1 is 1.24 bits per heavy atom. The van der Waals surface area contributed by atoms with E-state index in [0.29, 0.717) is 0 Å². The molecule has 0 bridgehead atoms. The fraction of sp³-hybridized carbons (Fsp3) is 0.350. The zero-order valence-corrected chi connectivity index (χ0v) is 15.0. The van der Waals surface area contributed by atoms with Crippen LogP contribution in [0.1, 0.15) is 26.3 Å². The first-order valence-electron chi connectivity index (χ1n) is 8.43. The third kappa shape index (κ3) is 6.85. The molecule has 5 heteroatoms. The highest BCUT2D eigenvalue weighted by Gasteiger charge is 2.16. The molecule has 2 N–H and O–H groups in total. The van der Waals surface area contributed by atoms with Gasteiger partial charge < -0.3 is 19.8 Å². The van der Waals surface area contributed by atoms with Gasteiger partial charge >= 0.3 is 6.16 Å². The van der Waals surface area contributed by atoms with Crippen LogP contribution in [0.25, 0.3) is 10.9 Å². The van der Waals surface area contributed by atoms with Crippen LogP contribution in [0.4, 0.5) is 4.79 Å². The Bertz CT molecular complexity index is 739. The monoisotopic (exact) mass is 342 g/mol. The zero-order valence-electron chi connectivity index (χ0n) is 15.0. The van der Waals surface area contributed by atoms with Gasteiger partial charge in [-0.25, -0.2) is 4.79 Å². The lowest BCUT2D eigenvalue weighted by Gasteiger charge is -2.17. The van der Waals surface area contributed by atoms with Crippen LogP contribution in [0.3, 0.4) is 0 Å². The number of para-hydroxylation sites is 1. The number of H-pyrrole nitrogens is 1. The standard InChI is InChI=1S/C20H26N2O3/c1-20(2,3)25-19(23)24-14-8-4-7-12-21-13-11-16-15-22-18-10-6-5-9-17(16)18/h4-10,14-15,21-22H,11-13H2,1-3H3/b7-4+,14-8+. The lowest BCUT2D eigenvalue weighted by atomic mass is 10.1. The summed E-state index contributed by atoms with van der Waals surface area (Å²) in [5.74, 6) is 0. The zero-order chi connectivity index (χ0) is 18.1. The highest BCUT2D eigenvalue weighted by atomic mass is 16.7. The third-order valence-corrected chi connectivity index (χ3v) is 3.39. The van der Waals surface area contributed by atoms with E-state index in [1.54, 1.807) is 26.8 Å². The molecule has 0 amide bonds. The molecular weight excluding hydrogens is 316 g/mol. The van der Waals surface area contributed by atoms with E-state index in [2.05, 4.69) is 34.7 Å². The molecule has 5 nitrogen and oxygen atoms in total. The predicted octanol–water partition coefficient (Wildman–Crippen LogP) is 4.32. The molecule has 1 aromatic carbocycles. The molecule has 1 heterocycles. The van der Waals surface area contributed by atoms with Gasteiger partial charge in [0.1, 0.15) is 5.60 Å². The lowest BCUT2D eigenvalue weighted by molar-refractivity contribution is 0.0111. The predicted molar refractivity (Wildman–Crippen MR) is 100 cm³/mol. The maximum Gasteiger partial charge on any atom is 0.513 e. The summed E-state index contributed by atoms with van der Waals surface area (Å²) in [4.78, 5) is 14.6. The smallest absolute Gasteiger partial charge is 0.428 e. The fourth-order valence-electron chi connectivity index (χ4n) is 2.31. The Labute approximate surface area is 148 Å². The fourth-order valence-corrected chi connectivity index (χ4v) is 2.31. The average molecular weight is 342 g/mol. The highest BCUT2D eigenvalue weighted by molar-refractivity contribution is 5.83. The van der Waals surface area contributed by atoms with Gasteiger partial charge in [0, 0.05) is 23.6 Å². The number of hydrogen-bond acceptors (Lipinski definition) is 4. The SMILES string of the molecule is CC(C)(C)OC(=O)O/C=C/C=C/CNCCc1c[nH]c2ccccc12. The molecule has 134 valence electrons. The Balaban J connectivity index is 1.60. The van der Waals surface area contributed by atoms with Gasteiger partial charge in [0.15, 0.2) is 0 Å². The van der Waals surface area contributed by atoms with Crippen molar-refractivity contribution in [3.8, 4) is 0 Å². The Morgan fingerprint density at radius 3 is 2.84 bits per heavy atom. The molecule has 0 fully saturated rings. The van der Waals surface area contributed by atoms with Gasteiger partial charge in [-0.1, -0.05) is 30.4 Å². The number of allylic oxidation sites excluding steroid dienone is 2. The van der Waals surface area contributed by atoms with E-state index in [1.807, 2.05) is 18.2 Å². The van der Waals surface area contributed by atoms with Crippen LogP contribution < -0.4 is 5.32 Å². The minimum Gasteiger partial charge on any atom is -0.428 e. The minimum absolute atomic E-state index is 0.546. The number of hydrogen-bond donors (Lipinski definition) is 2. The maximum absolute atomic E-state index is 11.3. The summed E-state index contributed by atoms with van der Waals surface area (Å²) in [6.45, 7) is 7.02. The molecular formula is C20H26N2O3. The van der Waals surface area contributed by atoms with Crippen molar-refractivity contribution in [3.05, 3.63) is 60.5 Å². The largest absolute Gasteiger partial charge is 0.513 e. The van der Waals surface area contributed by atoms with E-state index in [9.17, 15) is 4.79 Å². The molecule has 0 unspecified atom stereocenters. The topological polar surface area (TPSA) is 63.4 Å². The van der Waals surface area contributed by atoms with Crippen LogP contribution in [0.15, 0.2) is 55.0 Å². The second-order valence-electron chi connectivity index (χ2n) is 6.65.